The van der Waals surface area contributed by atoms with Crippen LogP contribution < -0.4 is 5.32 Å². The molecule has 0 aliphatic heterocycles. The highest BCUT2D eigenvalue weighted by Gasteiger charge is 2.00. The molecule has 0 radical (unpaired) electrons. The van der Waals surface area contributed by atoms with E-state index in [9.17, 15) is 4.39 Å². The molecule has 1 aromatic rings. The standard InChI is InChI=1S/C12H17ClFNO/c1-9(2)8-16-6-5-15-10-3-4-11(13)12(14)7-10/h3-4,7,9,15H,5-6,8H2,1-2H3. The third kappa shape index (κ3) is 4.81. The molecule has 0 heterocycles. The first kappa shape index (κ1) is 13.3. The molecular weight excluding hydrogens is 229 g/mol. The minimum Gasteiger partial charge on any atom is -0.383 e. The zero-order chi connectivity index (χ0) is 12.0. The Morgan fingerprint density at radius 3 is 2.81 bits per heavy atom. The van der Waals surface area contributed by atoms with Gasteiger partial charge < -0.3 is 10.1 Å². The fourth-order valence-electron chi connectivity index (χ4n) is 1.19. The lowest BCUT2D eigenvalue weighted by molar-refractivity contribution is 0.118. The number of nitrogens with one attached hydrogen (secondary N) is 1. The highest BCUT2D eigenvalue weighted by molar-refractivity contribution is 6.30. The number of rotatable bonds is 6. The van der Waals surface area contributed by atoms with Crippen LogP contribution in [-0.2, 0) is 4.74 Å². The van der Waals surface area contributed by atoms with Crippen molar-refractivity contribution in [3.8, 4) is 0 Å². The van der Waals surface area contributed by atoms with Gasteiger partial charge in [-0.15, -0.1) is 0 Å². The summed E-state index contributed by atoms with van der Waals surface area (Å²) < 4.78 is 18.4. The summed E-state index contributed by atoms with van der Waals surface area (Å²) in [5, 5.41) is 3.20. The van der Waals surface area contributed by atoms with Crippen molar-refractivity contribution in [3.63, 3.8) is 0 Å². The molecule has 0 saturated carbocycles. The van der Waals surface area contributed by atoms with Gasteiger partial charge in [-0.2, -0.15) is 0 Å². The Balaban J connectivity index is 2.24. The van der Waals surface area contributed by atoms with Crippen molar-refractivity contribution in [2.24, 2.45) is 5.92 Å². The maximum atomic E-state index is 13.1. The van der Waals surface area contributed by atoms with Gasteiger partial charge in [0.05, 0.1) is 11.6 Å². The monoisotopic (exact) mass is 245 g/mol. The van der Waals surface area contributed by atoms with E-state index < -0.39 is 5.82 Å². The molecule has 0 atom stereocenters. The predicted molar refractivity (Wildman–Crippen MR) is 65.6 cm³/mol. The Kier molecular flexibility index (Phi) is 5.56. The maximum absolute atomic E-state index is 13.1. The van der Waals surface area contributed by atoms with Crippen molar-refractivity contribution < 1.29 is 9.13 Å². The van der Waals surface area contributed by atoms with Crippen molar-refractivity contribution in [3.05, 3.63) is 29.0 Å². The predicted octanol–water partition coefficient (Wildman–Crippen LogP) is 3.56. The Morgan fingerprint density at radius 1 is 1.44 bits per heavy atom. The summed E-state index contributed by atoms with van der Waals surface area (Å²) >= 11 is 5.57. The molecule has 16 heavy (non-hydrogen) atoms. The van der Waals surface area contributed by atoms with Crippen LogP contribution in [-0.4, -0.2) is 19.8 Å². The Morgan fingerprint density at radius 2 is 2.19 bits per heavy atom. The van der Waals surface area contributed by atoms with Gasteiger partial charge in [0.25, 0.3) is 0 Å². The summed E-state index contributed by atoms with van der Waals surface area (Å²) in [4.78, 5) is 0. The summed E-state index contributed by atoms with van der Waals surface area (Å²) in [6.45, 7) is 6.22. The molecule has 0 aliphatic carbocycles. The molecule has 0 unspecified atom stereocenters. The summed E-state index contributed by atoms with van der Waals surface area (Å²) in [7, 11) is 0. The lowest BCUT2D eigenvalue weighted by Crippen LogP contribution is -2.12. The molecule has 1 rings (SSSR count). The van der Waals surface area contributed by atoms with Gasteiger partial charge in [0.1, 0.15) is 5.82 Å². The van der Waals surface area contributed by atoms with E-state index in [4.69, 9.17) is 16.3 Å². The zero-order valence-corrected chi connectivity index (χ0v) is 10.4. The second kappa shape index (κ2) is 6.71. The summed E-state index contributed by atoms with van der Waals surface area (Å²) in [5.74, 6) is 0.128. The zero-order valence-electron chi connectivity index (χ0n) is 9.59. The maximum Gasteiger partial charge on any atom is 0.143 e. The summed E-state index contributed by atoms with van der Waals surface area (Å²) in [6, 6.07) is 4.66. The Hall–Kier alpha value is -0.800. The Labute approximate surface area is 101 Å². The fourth-order valence-corrected chi connectivity index (χ4v) is 1.31. The van der Waals surface area contributed by atoms with Gasteiger partial charge in [-0.1, -0.05) is 25.4 Å². The minimum atomic E-state index is -0.408. The molecule has 0 saturated heterocycles. The smallest absolute Gasteiger partial charge is 0.143 e. The topological polar surface area (TPSA) is 21.3 Å². The first-order chi connectivity index (χ1) is 7.59. The normalized spacial score (nSPS) is 10.8. The lowest BCUT2D eigenvalue weighted by Gasteiger charge is -2.09. The molecule has 1 aromatic carbocycles. The van der Waals surface area contributed by atoms with Crippen LogP contribution in [0.2, 0.25) is 5.02 Å². The van der Waals surface area contributed by atoms with Crippen molar-refractivity contribution in [1.82, 2.24) is 0 Å². The molecule has 90 valence electrons. The van der Waals surface area contributed by atoms with E-state index >= 15 is 0 Å². The van der Waals surface area contributed by atoms with Crippen LogP contribution in [0.5, 0.6) is 0 Å². The van der Waals surface area contributed by atoms with E-state index in [1.165, 1.54) is 12.1 Å². The third-order valence-corrected chi connectivity index (χ3v) is 2.25. The van der Waals surface area contributed by atoms with Gasteiger partial charge in [0, 0.05) is 18.8 Å². The quantitative estimate of drug-likeness (QED) is 0.774. The molecule has 0 amide bonds. The van der Waals surface area contributed by atoms with E-state index in [-0.39, 0.29) is 5.02 Å². The summed E-state index contributed by atoms with van der Waals surface area (Å²) in [6.07, 6.45) is 0. The SMILES string of the molecule is CC(C)COCCNc1ccc(Cl)c(F)c1. The van der Waals surface area contributed by atoms with E-state index in [0.29, 0.717) is 19.1 Å². The number of hydrogen-bond acceptors (Lipinski definition) is 2. The molecular formula is C12H17ClFNO. The lowest BCUT2D eigenvalue weighted by atomic mass is 10.2. The molecule has 2 nitrogen and oxygen atoms in total. The van der Waals surface area contributed by atoms with Gasteiger partial charge in [0.15, 0.2) is 0 Å². The van der Waals surface area contributed by atoms with Crippen molar-refractivity contribution in [2.45, 2.75) is 13.8 Å². The van der Waals surface area contributed by atoms with E-state index in [2.05, 4.69) is 19.2 Å². The van der Waals surface area contributed by atoms with Gasteiger partial charge in [-0.05, 0) is 24.1 Å². The van der Waals surface area contributed by atoms with Crippen LogP contribution in [0.25, 0.3) is 0 Å². The van der Waals surface area contributed by atoms with Crippen molar-refractivity contribution in [2.75, 3.05) is 25.1 Å². The molecule has 0 fully saturated rings. The Bertz CT molecular complexity index is 331. The van der Waals surface area contributed by atoms with E-state index in [0.717, 1.165) is 12.3 Å². The molecule has 0 aromatic heterocycles. The van der Waals surface area contributed by atoms with Crippen molar-refractivity contribution >= 4 is 17.3 Å². The van der Waals surface area contributed by atoms with Crippen LogP contribution >= 0.6 is 11.6 Å². The number of anilines is 1. The number of hydrogen-bond donors (Lipinski definition) is 1. The average molecular weight is 246 g/mol. The fraction of sp³-hybridized carbons (Fsp3) is 0.500. The van der Waals surface area contributed by atoms with E-state index in [1.54, 1.807) is 6.07 Å². The van der Waals surface area contributed by atoms with Gasteiger partial charge in [0.2, 0.25) is 0 Å². The van der Waals surface area contributed by atoms with E-state index in [1.807, 2.05) is 0 Å². The first-order valence-corrected chi connectivity index (χ1v) is 5.74. The second-order valence-corrected chi connectivity index (χ2v) is 4.43. The molecule has 1 N–H and O–H groups in total. The average Bonchev–Trinajstić information content (AvgIpc) is 2.22. The minimum absolute atomic E-state index is 0.140. The second-order valence-electron chi connectivity index (χ2n) is 4.02. The first-order valence-electron chi connectivity index (χ1n) is 5.36. The number of halogens is 2. The van der Waals surface area contributed by atoms with Gasteiger partial charge in [-0.3, -0.25) is 0 Å². The largest absolute Gasteiger partial charge is 0.383 e. The molecule has 0 aliphatic rings. The van der Waals surface area contributed by atoms with Crippen LogP contribution in [0.3, 0.4) is 0 Å². The van der Waals surface area contributed by atoms with Crippen LogP contribution in [0.1, 0.15) is 13.8 Å². The number of benzene rings is 1. The van der Waals surface area contributed by atoms with Crippen LogP contribution in [0.4, 0.5) is 10.1 Å². The molecule has 0 spiro atoms. The van der Waals surface area contributed by atoms with Crippen molar-refractivity contribution in [1.29, 1.82) is 0 Å². The highest BCUT2D eigenvalue weighted by atomic mass is 35.5. The third-order valence-electron chi connectivity index (χ3n) is 1.95. The van der Waals surface area contributed by atoms with Crippen LogP contribution in [0.15, 0.2) is 18.2 Å². The van der Waals surface area contributed by atoms with Gasteiger partial charge in [-0.25, -0.2) is 4.39 Å². The number of ether oxygens (including phenoxy) is 1. The summed E-state index contributed by atoms with van der Waals surface area (Å²) in [5.41, 5.74) is 0.718. The van der Waals surface area contributed by atoms with Gasteiger partial charge >= 0.3 is 0 Å². The molecule has 0 bridgehead atoms. The van der Waals surface area contributed by atoms with Crippen LogP contribution in [0, 0.1) is 11.7 Å². The highest BCUT2D eigenvalue weighted by Crippen LogP contribution is 2.18. The molecule has 4 heteroatoms.